The lowest BCUT2D eigenvalue weighted by Gasteiger charge is -2.24. The first-order valence-electron chi connectivity index (χ1n) is 8.10. The highest BCUT2D eigenvalue weighted by Crippen LogP contribution is 2.27. The minimum Gasteiger partial charge on any atom is -0.495 e. The minimum absolute atomic E-state index is 0.0896. The van der Waals surface area contributed by atoms with Crippen LogP contribution in [0.5, 0.6) is 5.75 Å². The van der Waals surface area contributed by atoms with E-state index in [1.165, 1.54) is 7.11 Å². The second-order valence-corrected chi connectivity index (χ2v) is 6.40. The molecule has 0 saturated heterocycles. The maximum Gasteiger partial charge on any atom is 0.244 e. The van der Waals surface area contributed by atoms with E-state index >= 15 is 0 Å². The lowest BCUT2D eigenvalue weighted by Crippen LogP contribution is -2.49. The first kappa shape index (κ1) is 19.8. The van der Waals surface area contributed by atoms with Crippen LogP contribution in [-0.2, 0) is 15.1 Å². The molecule has 2 rings (SSSR count). The highest BCUT2D eigenvalue weighted by molar-refractivity contribution is 6.31. The van der Waals surface area contributed by atoms with Crippen LogP contribution >= 0.6 is 11.6 Å². The summed E-state index contributed by atoms with van der Waals surface area (Å²) < 4.78 is 5.18. The van der Waals surface area contributed by atoms with Crippen molar-refractivity contribution >= 4 is 29.1 Å². The Morgan fingerprint density at radius 2 is 1.88 bits per heavy atom. The van der Waals surface area contributed by atoms with Gasteiger partial charge in [-0.05, 0) is 30.7 Å². The molecule has 0 aliphatic carbocycles. The van der Waals surface area contributed by atoms with Crippen LogP contribution in [0.2, 0.25) is 5.02 Å². The molecule has 2 aromatic rings. The summed E-state index contributed by atoms with van der Waals surface area (Å²) in [6.45, 7) is 1.79. The standard InChI is InChI=1S/C19H22ClN3O3/c1-19(21,13-6-4-3-5-7-13)18(25)22-11-10-17(24)23-15-12-14(20)8-9-16(15)26-2/h3-9,12H,10-11,21H2,1-2H3,(H,22,25)(H,23,24). The third kappa shape index (κ3) is 4.97. The quantitative estimate of drug-likeness (QED) is 0.693. The van der Waals surface area contributed by atoms with Gasteiger partial charge >= 0.3 is 0 Å². The van der Waals surface area contributed by atoms with Crippen LogP contribution in [0, 0.1) is 0 Å². The van der Waals surface area contributed by atoms with E-state index in [1.807, 2.05) is 18.2 Å². The van der Waals surface area contributed by atoms with E-state index in [4.69, 9.17) is 22.1 Å². The SMILES string of the molecule is COc1ccc(Cl)cc1NC(=O)CCNC(=O)C(C)(N)c1ccccc1. The third-order valence-corrected chi connectivity index (χ3v) is 4.15. The second-order valence-electron chi connectivity index (χ2n) is 5.97. The predicted molar refractivity (Wildman–Crippen MR) is 102 cm³/mol. The van der Waals surface area contributed by atoms with Crippen LogP contribution in [0.1, 0.15) is 18.9 Å². The van der Waals surface area contributed by atoms with Crippen molar-refractivity contribution in [1.82, 2.24) is 5.32 Å². The maximum absolute atomic E-state index is 12.3. The van der Waals surface area contributed by atoms with Gasteiger partial charge in [-0.15, -0.1) is 0 Å². The smallest absolute Gasteiger partial charge is 0.244 e. The molecule has 2 amide bonds. The second kappa shape index (κ2) is 8.69. The maximum atomic E-state index is 12.3. The molecular formula is C19H22ClN3O3. The van der Waals surface area contributed by atoms with E-state index in [0.29, 0.717) is 22.0 Å². The molecule has 4 N–H and O–H groups in total. The van der Waals surface area contributed by atoms with Crippen molar-refractivity contribution in [2.24, 2.45) is 5.73 Å². The summed E-state index contributed by atoms with van der Waals surface area (Å²) in [5, 5.41) is 5.89. The summed E-state index contributed by atoms with van der Waals surface area (Å²) in [7, 11) is 1.50. The number of carbonyl (C=O) groups excluding carboxylic acids is 2. The molecule has 138 valence electrons. The van der Waals surface area contributed by atoms with Crippen LogP contribution in [0.25, 0.3) is 0 Å². The number of ether oxygens (including phenoxy) is 1. The predicted octanol–water partition coefficient (Wildman–Crippen LogP) is 2.67. The van der Waals surface area contributed by atoms with Gasteiger partial charge in [0.2, 0.25) is 11.8 Å². The van der Waals surface area contributed by atoms with Crippen LogP contribution in [0.4, 0.5) is 5.69 Å². The average Bonchev–Trinajstić information content (AvgIpc) is 2.62. The molecule has 26 heavy (non-hydrogen) atoms. The number of hydrogen-bond acceptors (Lipinski definition) is 4. The molecular weight excluding hydrogens is 354 g/mol. The number of rotatable bonds is 7. The molecule has 1 atom stereocenters. The van der Waals surface area contributed by atoms with E-state index < -0.39 is 5.54 Å². The van der Waals surface area contributed by atoms with Gasteiger partial charge in [-0.2, -0.15) is 0 Å². The highest BCUT2D eigenvalue weighted by Gasteiger charge is 2.29. The molecule has 0 aliphatic heterocycles. The topological polar surface area (TPSA) is 93.5 Å². The molecule has 0 heterocycles. The number of hydrogen-bond donors (Lipinski definition) is 3. The van der Waals surface area contributed by atoms with Crippen molar-refractivity contribution in [2.45, 2.75) is 18.9 Å². The number of nitrogens with one attached hydrogen (secondary N) is 2. The number of anilines is 1. The van der Waals surface area contributed by atoms with Crippen LogP contribution in [0.3, 0.4) is 0 Å². The number of amides is 2. The fourth-order valence-corrected chi connectivity index (χ4v) is 2.55. The fourth-order valence-electron chi connectivity index (χ4n) is 2.38. The minimum atomic E-state index is -1.17. The van der Waals surface area contributed by atoms with Crippen LogP contribution < -0.4 is 21.1 Å². The molecule has 0 bridgehead atoms. The first-order chi connectivity index (χ1) is 12.3. The van der Waals surface area contributed by atoms with Crippen molar-refractivity contribution in [1.29, 1.82) is 0 Å². The number of benzene rings is 2. The van der Waals surface area contributed by atoms with Gasteiger partial charge in [-0.25, -0.2) is 0 Å². The molecule has 0 radical (unpaired) electrons. The highest BCUT2D eigenvalue weighted by atomic mass is 35.5. The summed E-state index contributed by atoms with van der Waals surface area (Å²) in [5.41, 5.74) is 6.14. The Morgan fingerprint density at radius 3 is 2.54 bits per heavy atom. The number of carbonyl (C=O) groups is 2. The van der Waals surface area contributed by atoms with E-state index in [9.17, 15) is 9.59 Å². The Labute approximate surface area is 157 Å². The zero-order chi connectivity index (χ0) is 19.2. The summed E-state index contributed by atoms with van der Waals surface area (Å²) >= 11 is 5.93. The lowest BCUT2D eigenvalue weighted by atomic mass is 9.92. The normalized spacial score (nSPS) is 12.8. The molecule has 6 nitrogen and oxygen atoms in total. The van der Waals surface area contributed by atoms with Gasteiger partial charge in [0.05, 0.1) is 12.8 Å². The molecule has 0 aliphatic rings. The Hall–Kier alpha value is -2.57. The van der Waals surface area contributed by atoms with Crippen molar-refractivity contribution in [3.05, 3.63) is 59.1 Å². The third-order valence-electron chi connectivity index (χ3n) is 3.92. The van der Waals surface area contributed by atoms with Gasteiger partial charge in [0.15, 0.2) is 0 Å². The van der Waals surface area contributed by atoms with E-state index in [0.717, 1.165) is 0 Å². The van der Waals surface area contributed by atoms with E-state index in [1.54, 1.807) is 37.3 Å². The lowest BCUT2D eigenvalue weighted by molar-refractivity contribution is -0.126. The van der Waals surface area contributed by atoms with Gasteiger partial charge in [0.1, 0.15) is 11.3 Å². The average molecular weight is 376 g/mol. The molecule has 0 saturated carbocycles. The van der Waals surface area contributed by atoms with Gasteiger partial charge in [-0.1, -0.05) is 41.9 Å². The zero-order valence-corrected chi connectivity index (χ0v) is 15.5. The Morgan fingerprint density at radius 1 is 1.19 bits per heavy atom. The monoisotopic (exact) mass is 375 g/mol. The largest absolute Gasteiger partial charge is 0.495 e. The van der Waals surface area contributed by atoms with Crippen LogP contribution in [-0.4, -0.2) is 25.5 Å². The number of methoxy groups -OCH3 is 1. The summed E-state index contributed by atoms with van der Waals surface area (Å²) in [6.07, 6.45) is 0.0896. The number of nitrogens with two attached hydrogens (primary N) is 1. The van der Waals surface area contributed by atoms with Gasteiger partial charge in [0, 0.05) is 18.0 Å². The van der Waals surface area contributed by atoms with Gasteiger partial charge in [-0.3, -0.25) is 9.59 Å². The van der Waals surface area contributed by atoms with Gasteiger partial charge < -0.3 is 21.1 Å². The van der Waals surface area contributed by atoms with E-state index in [2.05, 4.69) is 10.6 Å². The molecule has 7 heteroatoms. The van der Waals surface area contributed by atoms with Gasteiger partial charge in [0.25, 0.3) is 0 Å². The van der Waals surface area contributed by atoms with Crippen molar-refractivity contribution in [3.8, 4) is 5.75 Å². The Bertz CT molecular complexity index is 779. The molecule has 0 aromatic heterocycles. The Kier molecular flexibility index (Phi) is 6.60. The van der Waals surface area contributed by atoms with Crippen molar-refractivity contribution in [3.63, 3.8) is 0 Å². The summed E-state index contributed by atoms with van der Waals surface area (Å²) in [5.74, 6) is -0.119. The van der Waals surface area contributed by atoms with E-state index in [-0.39, 0.29) is 24.8 Å². The zero-order valence-electron chi connectivity index (χ0n) is 14.7. The van der Waals surface area contributed by atoms with Crippen molar-refractivity contribution < 1.29 is 14.3 Å². The molecule has 0 spiro atoms. The summed E-state index contributed by atoms with van der Waals surface area (Å²) in [4.78, 5) is 24.4. The molecule has 1 unspecified atom stereocenters. The van der Waals surface area contributed by atoms with Crippen molar-refractivity contribution in [2.75, 3.05) is 19.0 Å². The molecule has 2 aromatic carbocycles. The Balaban J connectivity index is 1.88. The first-order valence-corrected chi connectivity index (χ1v) is 8.48. The van der Waals surface area contributed by atoms with Crippen LogP contribution in [0.15, 0.2) is 48.5 Å². The molecule has 0 fully saturated rings. The number of halogens is 1. The fraction of sp³-hybridized carbons (Fsp3) is 0.263. The summed E-state index contributed by atoms with van der Waals surface area (Å²) in [6, 6.07) is 14.0.